The molecule has 0 unspecified atom stereocenters. The fourth-order valence-electron chi connectivity index (χ4n) is 3.77. The van der Waals surface area contributed by atoms with Crippen LogP contribution in [0.5, 0.6) is 0 Å². The van der Waals surface area contributed by atoms with Gasteiger partial charge in [-0.25, -0.2) is 4.79 Å². The number of ether oxygens (including phenoxy) is 2. The Morgan fingerprint density at radius 3 is 1.71 bits per heavy atom. The summed E-state index contributed by atoms with van der Waals surface area (Å²) in [5, 5.41) is 28.3. The van der Waals surface area contributed by atoms with Gasteiger partial charge in [-0.1, -0.05) is 103 Å². The van der Waals surface area contributed by atoms with Crippen molar-refractivity contribution < 1.29 is 49.9 Å². The van der Waals surface area contributed by atoms with Crippen LogP contribution in [0.2, 0.25) is 0 Å². The predicted octanol–water partition coefficient (Wildman–Crippen LogP) is 2.43. The van der Waals surface area contributed by atoms with E-state index < -0.39 is 30.5 Å². The van der Waals surface area contributed by atoms with Crippen molar-refractivity contribution in [3.05, 3.63) is 11.5 Å². The summed E-state index contributed by atoms with van der Waals surface area (Å²) in [4.78, 5) is 11.7. The molecule has 0 aromatic heterocycles. The van der Waals surface area contributed by atoms with Crippen LogP contribution >= 0.6 is 0 Å². The molecule has 6 nitrogen and oxygen atoms in total. The maximum Gasteiger partial charge on any atom is 1.00 e. The van der Waals surface area contributed by atoms with Gasteiger partial charge in [-0.2, -0.15) is 0 Å². The number of esters is 1. The topological polar surface area (TPSA) is 96.2 Å². The molecule has 0 saturated heterocycles. The number of carbonyl (C=O) groups excluding carboxylic acids is 1. The average Bonchev–Trinajstić information content (AvgIpc) is 3.03. The number of unbranched alkanes of at least 4 members (excludes halogenated alkanes) is 15. The molecule has 3 N–H and O–H groups in total. The van der Waals surface area contributed by atoms with Gasteiger partial charge in [0.05, 0.1) is 13.2 Å². The second-order valence-corrected chi connectivity index (χ2v) is 8.44. The summed E-state index contributed by atoms with van der Waals surface area (Å²) >= 11 is 0. The van der Waals surface area contributed by atoms with E-state index in [9.17, 15) is 15.0 Å². The third kappa shape index (κ3) is 13.5. The van der Waals surface area contributed by atoms with Crippen molar-refractivity contribution in [1.29, 1.82) is 0 Å². The third-order valence-electron chi connectivity index (χ3n) is 5.70. The van der Waals surface area contributed by atoms with E-state index in [1.54, 1.807) is 0 Å². The zero-order valence-corrected chi connectivity index (χ0v) is 19.9. The first kappa shape index (κ1) is 30.3. The first-order chi connectivity index (χ1) is 14.6. The molecule has 0 aromatic rings. The minimum absolute atomic E-state index is 0. The summed E-state index contributed by atoms with van der Waals surface area (Å²) < 4.78 is 10.2. The smallest absolute Gasteiger partial charge is 1.00 e. The van der Waals surface area contributed by atoms with Gasteiger partial charge in [-0.15, -0.1) is 0 Å². The van der Waals surface area contributed by atoms with E-state index in [2.05, 4.69) is 6.92 Å². The number of aliphatic hydroxyl groups excluding tert-OH is 3. The Hall–Kier alpha value is -0.673. The molecule has 0 aliphatic carbocycles. The van der Waals surface area contributed by atoms with Crippen molar-refractivity contribution in [3.8, 4) is 0 Å². The SMILES string of the molecule is CCCCCCCCCCCCCCCCCCOC1=C(O)[C@@H]([C@@H](O)CO)OC1=O.[H-].[Li+]. The molecule has 0 saturated carbocycles. The summed E-state index contributed by atoms with van der Waals surface area (Å²) in [6.07, 6.45) is 18.0. The summed E-state index contributed by atoms with van der Waals surface area (Å²) in [6.45, 7) is 1.99. The molecule has 7 heteroatoms. The largest absolute Gasteiger partial charge is 1.00 e. The van der Waals surface area contributed by atoms with Crippen molar-refractivity contribution in [2.75, 3.05) is 13.2 Å². The van der Waals surface area contributed by atoms with E-state index in [1.807, 2.05) is 0 Å². The van der Waals surface area contributed by atoms with Crippen LogP contribution in [0.4, 0.5) is 0 Å². The minimum Gasteiger partial charge on any atom is -1.00 e. The van der Waals surface area contributed by atoms with E-state index in [0.29, 0.717) is 6.61 Å². The number of hydrogen-bond acceptors (Lipinski definition) is 6. The molecule has 1 aliphatic heterocycles. The molecule has 0 fully saturated rings. The Morgan fingerprint density at radius 2 is 1.29 bits per heavy atom. The monoisotopic (exact) mass is 436 g/mol. The molecule has 0 amide bonds. The molecule has 0 bridgehead atoms. The van der Waals surface area contributed by atoms with E-state index in [-0.39, 0.29) is 26.0 Å². The minimum atomic E-state index is -1.34. The Morgan fingerprint density at radius 1 is 0.871 bits per heavy atom. The summed E-state index contributed by atoms with van der Waals surface area (Å²) in [5.41, 5.74) is 0. The Bertz CT molecular complexity index is 489. The zero-order valence-electron chi connectivity index (χ0n) is 20.9. The third-order valence-corrected chi connectivity index (χ3v) is 5.70. The average molecular weight is 437 g/mol. The van der Waals surface area contributed by atoms with Crippen LogP contribution in [0.15, 0.2) is 11.5 Å². The molecule has 1 rings (SSSR count). The normalized spacial score (nSPS) is 16.9. The van der Waals surface area contributed by atoms with E-state index in [1.165, 1.54) is 83.5 Å². The van der Waals surface area contributed by atoms with Crippen LogP contribution in [0.25, 0.3) is 0 Å². The van der Waals surface area contributed by atoms with Crippen LogP contribution in [-0.2, 0) is 14.3 Å². The van der Waals surface area contributed by atoms with Gasteiger partial charge < -0.3 is 26.2 Å². The molecule has 31 heavy (non-hydrogen) atoms. The molecule has 2 atom stereocenters. The van der Waals surface area contributed by atoms with Crippen LogP contribution < -0.4 is 18.9 Å². The Kier molecular flexibility index (Phi) is 19.5. The van der Waals surface area contributed by atoms with Crippen molar-refractivity contribution in [2.24, 2.45) is 0 Å². The molecule has 0 radical (unpaired) electrons. The fourth-order valence-corrected chi connectivity index (χ4v) is 3.77. The number of aliphatic hydroxyl groups is 3. The molecule has 1 heterocycles. The van der Waals surface area contributed by atoms with Crippen LogP contribution in [-0.4, -0.2) is 46.7 Å². The number of rotatable bonds is 20. The van der Waals surface area contributed by atoms with Gasteiger partial charge in [0.2, 0.25) is 5.76 Å². The van der Waals surface area contributed by atoms with Gasteiger partial charge in [0.15, 0.2) is 11.9 Å². The first-order valence-corrected chi connectivity index (χ1v) is 12.2. The predicted molar refractivity (Wildman–Crippen MR) is 119 cm³/mol. The van der Waals surface area contributed by atoms with Gasteiger partial charge in [0.1, 0.15) is 6.10 Å². The van der Waals surface area contributed by atoms with Crippen LogP contribution in [0.3, 0.4) is 0 Å². The number of cyclic esters (lactones) is 1. The number of carbonyl (C=O) groups is 1. The molecule has 178 valence electrons. The number of hydrogen-bond donors (Lipinski definition) is 3. The van der Waals surface area contributed by atoms with E-state index >= 15 is 0 Å². The Balaban J connectivity index is 0. The van der Waals surface area contributed by atoms with Crippen molar-refractivity contribution in [3.63, 3.8) is 0 Å². The fraction of sp³-hybridized carbons (Fsp3) is 0.875. The van der Waals surface area contributed by atoms with Gasteiger partial charge in [0.25, 0.3) is 0 Å². The van der Waals surface area contributed by atoms with Gasteiger partial charge in [-0.3, -0.25) is 0 Å². The molecular formula is C24H45LiO6. The Labute approximate surface area is 202 Å². The molecule has 1 aliphatic rings. The molecular weight excluding hydrogens is 391 g/mol. The van der Waals surface area contributed by atoms with Gasteiger partial charge in [0, 0.05) is 0 Å². The van der Waals surface area contributed by atoms with E-state index in [4.69, 9.17) is 14.6 Å². The van der Waals surface area contributed by atoms with Crippen molar-refractivity contribution in [1.82, 2.24) is 0 Å². The first-order valence-electron chi connectivity index (χ1n) is 12.2. The van der Waals surface area contributed by atoms with Crippen molar-refractivity contribution in [2.45, 2.75) is 122 Å². The van der Waals surface area contributed by atoms with Crippen LogP contribution in [0.1, 0.15) is 111 Å². The summed E-state index contributed by atoms with van der Waals surface area (Å²) in [7, 11) is 0. The van der Waals surface area contributed by atoms with Crippen molar-refractivity contribution >= 4 is 5.97 Å². The maximum absolute atomic E-state index is 11.7. The molecule has 0 aromatic carbocycles. The quantitative estimate of drug-likeness (QED) is 0.154. The second-order valence-electron chi connectivity index (χ2n) is 8.44. The second kappa shape index (κ2) is 20.0. The summed E-state index contributed by atoms with van der Waals surface area (Å²) in [5.74, 6) is -1.46. The van der Waals surface area contributed by atoms with Gasteiger partial charge >= 0.3 is 24.8 Å². The zero-order chi connectivity index (χ0) is 22.0. The maximum atomic E-state index is 11.7. The summed E-state index contributed by atoms with van der Waals surface area (Å²) in [6, 6.07) is 0. The van der Waals surface area contributed by atoms with E-state index in [0.717, 1.165) is 19.3 Å². The van der Waals surface area contributed by atoms with Gasteiger partial charge in [-0.05, 0) is 6.42 Å². The standard InChI is InChI=1S/C24H44O6.Li.H/c1-2-3-4-5-6-7-8-9-10-11-12-13-14-15-16-17-18-29-23-21(27)22(20(26)19-25)30-24(23)28;;/h20,22,25-27H,2-19H2,1H3;;/q;+1;-1/t20-,22+;;/m0../s1. The van der Waals surface area contributed by atoms with Crippen LogP contribution in [0, 0.1) is 0 Å². The molecule has 0 spiro atoms.